The molecule has 4 N–H and O–H groups in total. The van der Waals surface area contributed by atoms with Crippen molar-refractivity contribution in [3.8, 4) is 6.07 Å². The molecule has 0 radical (unpaired) electrons. The molecule has 34 heavy (non-hydrogen) atoms. The summed E-state index contributed by atoms with van der Waals surface area (Å²) in [7, 11) is 1.67. The summed E-state index contributed by atoms with van der Waals surface area (Å²) < 4.78 is 10.4. The number of nitrogens with one attached hydrogen (secondary N) is 2. The molecule has 9 nitrogen and oxygen atoms in total. The number of pyridine rings is 1. The number of esters is 1. The zero-order valence-electron chi connectivity index (χ0n) is 19.7. The normalized spacial score (nSPS) is 14.2. The van der Waals surface area contributed by atoms with Crippen LogP contribution in [0.25, 0.3) is 0 Å². The average Bonchev–Trinajstić information content (AvgIpc) is 3.22. The Kier molecular flexibility index (Phi) is 8.87. The fourth-order valence-electron chi connectivity index (χ4n) is 3.76. The van der Waals surface area contributed by atoms with Crippen molar-refractivity contribution in [2.75, 3.05) is 33.4 Å². The van der Waals surface area contributed by atoms with E-state index in [4.69, 9.17) is 20.5 Å². The maximum Gasteiger partial charge on any atom is 0.338 e. The minimum atomic E-state index is -0.268. The second kappa shape index (κ2) is 12.0. The molecule has 3 rings (SSSR count). The molecule has 2 aromatic rings. The molecule has 1 aliphatic rings. The van der Waals surface area contributed by atoms with Crippen molar-refractivity contribution in [1.82, 2.24) is 15.6 Å². The van der Waals surface area contributed by atoms with E-state index in [1.165, 1.54) is 12.4 Å². The molecule has 0 amide bonds. The van der Waals surface area contributed by atoms with E-state index >= 15 is 0 Å². The summed E-state index contributed by atoms with van der Waals surface area (Å²) in [4.78, 5) is 20.5. The van der Waals surface area contributed by atoms with Gasteiger partial charge in [-0.3, -0.25) is 0 Å². The van der Waals surface area contributed by atoms with Crippen LogP contribution in [0.15, 0.2) is 41.2 Å². The predicted octanol–water partition coefficient (Wildman–Crippen LogP) is 2.35. The molecule has 9 heteroatoms. The van der Waals surface area contributed by atoms with Gasteiger partial charge in [-0.1, -0.05) is 6.07 Å². The van der Waals surface area contributed by atoms with Crippen LogP contribution >= 0.6 is 0 Å². The monoisotopic (exact) mass is 462 g/mol. The zero-order chi connectivity index (χ0) is 24.5. The topological polar surface area (TPSA) is 135 Å². The summed E-state index contributed by atoms with van der Waals surface area (Å²) in [6.07, 6.45) is 4.68. The first-order valence-corrected chi connectivity index (χ1v) is 11.0. The Morgan fingerprint density at radius 2 is 2.26 bits per heavy atom. The summed E-state index contributed by atoms with van der Waals surface area (Å²) in [5.41, 5.74) is 11.7. The minimum absolute atomic E-state index is 0.00467. The lowest BCUT2D eigenvalue weighted by molar-refractivity contribution is 0.0535. The summed E-state index contributed by atoms with van der Waals surface area (Å²) in [6, 6.07) is 7.67. The molecule has 1 aliphatic heterocycles. The van der Waals surface area contributed by atoms with Crippen molar-refractivity contribution in [1.29, 1.82) is 5.26 Å². The molecule has 0 unspecified atom stereocenters. The van der Waals surface area contributed by atoms with Crippen LogP contribution < -0.4 is 16.4 Å². The number of rotatable bonds is 11. The number of methoxy groups -OCH3 is 1. The van der Waals surface area contributed by atoms with Gasteiger partial charge in [-0.15, -0.1) is 0 Å². The Balaban J connectivity index is 1.66. The van der Waals surface area contributed by atoms with Gasteiger partial charge in [0.05, 0.1) is 17.7 Å². The van der Waals surface area contributed by atoms with Gasteiger partial charge >= 0.3 is 5.97 Å². The predicted molar refractivity (Wildman–Crippen MR) is 130 cm³/mol. The molecule has 1 aromatic carbocycles. The number of nitriles is 1. The van der Waals surface area contributed by atoms with Gasteiger partial charge in [0.2, 0.25) is 0 Å². The molecule has 1 aromatic heterocycles. The van der Waals surface area contributed by atoms with E-state index in [1.54, 1.807) is 19.4 Å². The quantitative estimate of drug-likeness (QED) is 0.263. The summed E-state index contributed by atoms with van der Waals surface area (Å²) >= 11 is 0. The maximum absolute atomic E-state index is 11.9. The van der Waals surface area contributed by atoms with Crippen LogP contribution in [0.2, 0.25) is 0 Å². The molecule has 0 bridgehead atoms. The van der Waals surface area contributed by atoms with Gasteiger partial charge in [-0.2, -0.15) is 5.26 Å². The molecule has 0 aliphatic carbocycles. The Bertz CT molecular complexity index is 1140. The molecular formula is C25H30N6O3. The number of nitrogens with two attached hydrogens (primary N) is 1. The van der Waals surface area contributed by atoms with Gasteiger partial charge < -0.3 is 25.8 Å². The second-order valence-electron chi connectivity index (χ2n) is 7.98. The number of hydrogen-bond acceptors (Lipinski definition) is 9. The third-order valence-electron chi connectivity index (χ3n) is 5.75. The lowest BCUT2D eigenvalue weighted by Gasteiger charge is -2.23. The first-order valence-electron chi connectivity index (χ1n) is 11.0. The SMILES string of the molecule is COCCN[C@@H](CNCC(C=Nc1cc(C)c(C#N)cn1)=CN)c1ccc2c(c1C)COC2=O. The second-order valence-corrected chi connectivity index (χ2v) is 7.98. The molecule has 2 heterocycles. The van der Waals surface area contributed by atoms with Crippen molar-refractivity contribution in [3.63, 3.8) is 0 Å². The number of aryl methyl sites for hydroxylation is 1. The van der Waals surface area contributed by atoms with E-state index < -0.39 is 0 Å². The van der Waals surface area contributed by atoms with E-state index in [0.717, 1.165) is 27.8 Å². The first kappa shape index (κ1) is 25.1. The number of hydrogen-bond donors (Lipinski definition) is 3. The minimum Gasteiger partial charge on any atom is -0.457 e. The number of cyclic esters (lactones) is 1. The third-order valence-corrected chi connectivity index (χ3v) is 5.75. The van der Waals surface area contributed by atoms with E-state index in [9.17, 15) is 4.79 Å². The number of fused-ring (bicyclic) bond motifs is 1. The highest BCUT2D eigenvalue weighted by Crippen LogP contribution is 2.29. The van der Waals surface area contributed by atoms with Crippen LogP contribution in [0.4, 0.5) is 5.82 Å². The van der Waals surface area contributed by atoms with Gasteiger partial charge in [-0.05, 0) is 54.4 Å². The largest absolute Gasteiger partial charge is 0.457 e. The van der Waals surface area contributed by atoms with E-state index in [0.29, 0.717) is 49.8 Å². The average molecular weight is 463 g/mol. The fraction of sp³-hybridized carbons (Fsp3) is 0.360. The lowest BCUT2D eigenvalue weighted by atomic mass is 9.94. The maximum atomic E-state index is 11.9. The Hall–Kier alpha value is -3.58. The lowest BCUT2D eigenvalue weighted by Crippen LogP contribution is -2.35. The van der Waals surface area contributed by atoms with Crippen LogP contribution in [0.1, 0.15) is 44.2 Å². The number of ether oxygens (including phenoxy) is 2. The van der Waals surface area contributed by atoms with Crippen molar-refractivity contribution in [2.45, 2.75) is 26.5 Å². The van der Waals surface area contributed by atoms with Crippen LogP contribution in [0.5, 0.6) is 0 Å². The van der Waals surface area contributed by atoms with Gasteiger partial charge in [0, 0.05) is 50.8 Å². The number of benzene rings is 1. The van der Waals surface area contributed by atoms with E-state index in [1.807, 2.05) is 26.0 Å². The van der Waals surface area contributed by atoms with Gasteiger partial charge in [0.25, 0.3) is 0 Å². The standard InChI is InChI=1S/C25H30N6O3/c1-16-8-24(31-13-19(16)10-27)30-12-18(9-26)11-28-14-23(29-6-7-33-3)20-4-5-21-22(17(20)2)15-34-25(21)32/h4-5,8-9,12-13,23,28-29H,6-7,11,14-15,26H2,1-3H3/t23-/m0/s1. The third kappa shape index (κ3) is 6.05. The Morgan fingerprint density at radius 1 is 1.44 bits per heavy atom. The highest BCUT2D eigenvalue weighted by molar-refractivity contribution is 5.94. The van der Waals surface area contributed by atoms with Crippen LogP contribution in [0, 0.1) is 25.2 Å². The van der Waals surface area contributed by atoms with Gasteiger partial charge in [-0.25, -0.2) is 14.8 Å². The van der Waals surface area contributed by atoms with E-state index in [2.05, 4.69) is 26.7 Å². The first-order chi connectivity index (χ1) is 16.5. The number of carbonyl (C=O) groups excluding carboxylic acids is 1. The molecule has 0 fully saturated rings. The van der Waals surface area contributed by atoms with Crippen molar-refractivity contribution < 1.29 is 14.3 Å². The summed E-state index contributed by atoms with van der Waals surface area (Å²) in [5, 5.41) is 16.0. The number of nitrogens with zero attached hydrogens (tertiary/aromatic N) is 3. The van der Waals surface area contributed by atoms with Crippen LogP contribution in [-0.2, 0) is 16.1 Å². The highest BCUT2D eigenvalue weighted by Gasteiger charge is 2.26. The summed E-state index contributed by atoms with van der Waals surface area (Å²) in [6.45, 7) is 6.57. The highest BCUT2D eigenvalue weighted by atomic mass is 16.5. The fourth-order valence-corrected chi connectivity index (χ4v) is 3.76. The van der Waals surface area contributed by atoms with Crippen LogP contribution in [0.3, 0.4) is 0 Å². The molecule has 0 saturated heterocycles. The van der Waals surface area contributed by atoms with Crippen molar-refractivity contribution in [2.24, 2.45) is 10.7 Å². The molecular weight excluding hydrogens is 432 g/mol. The van der Waals surface area contributed by atoms with Crippen molar-refractivity contribution in [3.05, 3.63) is 69.5 Å². The van der Waals surface area contributed by atoms with Crippen molar-refractivity contribution >= 4 is 18.0 Å². The molecule has 178 valence electrons. The smallest absolute Gasteiger partial charge is 0.338 e. The van der Waals surface area contributed by atoms with Gasteiger partial charge in [0.15, 0.2) is 5.82 Å². The Labute approximate surface area is 199 Å². The van der Waals surface area contributed by atoms with E-state index in [-0.39, 0.29) is 12.0 Å². The summed E-state index contributed by atoms with van der Waals surface area (Å²) in [5.74, 6) is 0.246. The number of aromatic nitrogens is 1. The number of carbonyl (C=O) groups is 1. The molecule has 0 saturated carbocycles. The molecule has 1 atom stereocenters. The number of aliphatic imine (C=N–C) groups is 1. The Morgan fingerprint density at radius 3 is 2.97 bits per heavy atom. The van der Waals surface area contributed by atoms with Crippen LogP contribution in [-0.4, -0.2) is 50.5 Å². The van der Waals surface area contributed by atoms with Gasteiger partial charge in [0.1, 0.15) is 12.7 Å². The zero-order valence-corrected chi connectivity index (χ0v) is 19.7. The molecule has 0 spiro atoms.